The SMILES string of the molecule is COC(=O)c1sccc1C(=O)CN. The number of esters is 1. The predicted octanol–water partition coefficient (Wildman–Crippen LogP) is 0.676. The van der Waals surface area contributed by atoms with E-state index in [4.69, 9.17) is 5.73 Å². The molecule has 0 saturated heterocycles. The molecule has 2 N–H and O–H groups in total. The van der Waals surface area contributed by atoms with Crippen LogP contribution in [0.15, 0.2) is 11.4 Å². The van der Waals surface area contributed by atoms with Crippen LogP contribution in [0.1, 0.15) is 20.0 Å². The normalized spacial score (nSPS) is 9.69. The Morgan fingerprint density at radius 2 is 2.31 bits per heavy atom. The van der Waals surface area contributed by atoms with Crippen molar-refractivity contribution in [2.45, 2.75) is 0 Å². The third kappa shape index (κ3) is 1.93. The van der Waals surface area contributed by atoms with E-state index in [2.05, 4.69) is 4.74 Å². The maximum Gasteiger partial charge on any atom is 0.348 e. The average Bonchev–Trinajstić information content (AvgIpc) is 2.63. The number of rotatable bonds is 3. The molecule has 13 heavy (non-hydrogen) atoms. The maximum atomic E-state index is 11.2. The van der Waals surface area contributed by atoms with Crippen LogP contribution in [0, 0.1) is 0 Å². The van der Waals surface area contributed by atoms with Gasteiger partial charge < -0.3 is 10.5 Å². The molecule has 1 aromatic heterocycles. The minimum absolute atomic E-state index is 0.0965. The summed E-state index contributed by atoms with van der Waals surface area (Å²) in [6.45, 7) is -0.0965. The van der Waals surface area contributed by atoms with E-state index in [1.54, 1.807) is 11.4 Å². The second-order valence-electron chi connectivity index (χ2n) is 2.28. The molecule has 0 atom stereocenters. The summed E-state index contributed by atoms with van der Waals surface area (Å²) in [4.78, 5) is 22.6. The zero-order valence-electron chi connectivity index (χ0n) is 7.07. The molecule has 70 valence electrons. The Morgan fingerprint density at radius 3 is 2.85 bits per heavy atom. The summed E-state index contributed by atoms with van der Waals surface area (Å²) in [5.74, 6) is -0.742. The molecule has 0 saturated carbocycles. The number of Topliss-reactive ketones (excluding diaryl/α,β-unsaturated/α-hetero) is 1. The molecule has 0 bridgehead atoms. The van der Waals surface area contributed by atoms with Crippen molar-refractivity contribution < 1.29 is 14.3 Å². The highest BCUT2D eigenvalue weighted by atomic mass is 32.1. The molecule has 0 aliphatic heterocycles. The fraction of sp³-hybridized carbons (Fsp3) is 0.250. The van der Waals surface area contributed by atoms with E-state index in [0.717, 1.165) is 0 Å². The van der Waals surface area contributed by atoms with Gasteiger partial charge in [0.15, 0.2) is 5.78 Å². The first-order valence-corrected chi connectivity index (χ1v) is 4.47. The largest absolute Gasteiger partial charge is 0.465 e. The van der Waals surface area contributed by atoms with Gasteiger partial charge in [0.2, 0.25) is 0 Å². The Balaban J connectivity index is 3.02. The first-order chi connectivity index (χ1) is 6.20. The van der Waals surface area contributed by atoms with E-state index >= 15 is 0 Å². The molecule has 1 heterocycles. The molecule has 0 spiro atoms. The van der Waals surface area contributed by atoms with Crippen LogP contribution in [0.2, 0.25) is 0 Å². The van der Waals surface area contributed by atoms with Crippen molar-refractivity contribution in [1.82, 2.24) is 0 Å². The Bertz CT molecular complexity index is 301. The van der Waals surface area contributed by atoms with Crippen molar-refractivity contribution in [3.05, 3.63) is 21.9 Å². The first kappa shape index (κ1) is 9.88. The van der Waals surface area contributed by atoms with Gasteiger partial charge in [-0.3, -0.25) is 4.79 Å². The number of carbonyl (C=O) groups is 2. The number of thiophene rings is 1. The van der Waals surface area contributed by atoms with Gasteiger partial charge in [-0.25, -0.2) is 4.79 Å². The molecular weight excluding hydrogens is 190 g/mol. The van der Waals surface area contributed by atoms with Crippen molar-refractivity contribution in [3.8, 4) is 0 Å². The second kappa shape index (κ2) is 4.15. The molecule has 1 aromatic rings. The molecule has 0 aliphatic rings. The molecule has 0 unspecified atom stereocenters. The van der Waals surface area contributed by atoms with E-state index < -0.39 is 5.97 Å². The summed E-state index contributed by atoms with van der Waals surface area (Å²) in [5.41, 5.74) is 5.52. The molecule has 5 heteroatoms. The Morgan fingerprint density at radius 1 is 1.62 bits per heavy atom. The van der Waals surface area contributed by atoms with Gasteiger partial charge >= 0.3 is 5.97 Å². The third-order valence-electron chi connectivity index (χ3n) is 1.52. The molecule has 0 aromatic carbocycles. The van der Waals surface area contributed by atoms with E-state index in [9.17, 15) is 9.59 Å². The van der Waals surface area contributed by atoms with Crippen LogP contribution in [0.5, 0.6) is 0 Å². The fourth-order valence-electron chi connectivity index (χ4n) is 0.890. The molecule has 0 aliphatic carbocycles. The Kier molecular flexibility index (Phi) is 3.16. The fourth-order valence-corrected chi connectivity index (χ4v) is 1.72. The van der Waals surface area contributed by atoms with Crippen molar-refractivity contribution in [2.75, 3.05) is 13.7 Å². The zero-order chi connectivity index (χ0) is 9.84. The van der Waals surface area contributed by atoms with Gasteiger partial charge in [-0.1, -0.05) is 0 Å². The van der Waals surface area contributed by atoms with Crippen LogP contribution in [-0.4, -0.2) is 25.4 Å². The first-order valence-electron chi connectivity index (χ1n) is 3.59. The van der Waals surface area contributed by atoms with Crippen LogP contribution >= 0.6 is 11.3 Å². The number of hydrogen-bond acceptors (Lipinski definition) is 5. The second-order valence-corrected chi connectivity index (χ2v) is 3.20. The van der Waals surface area contributed by atoms with E-state index in [0.29, 0.717) is 10.4 Å². The van der Waals surface area contributed by atoms with E-state index in [-0.39, 0.29) is 12.3 Å². The summed E-state index contributed by atoms with van der Waals surface area (Å²) in [6, 6.07) is 1.58. The van der Waals surface area contributed by atoms with Crippen molar-refractivity contribution >= 4 is 23.1 Å². The minimum Gasteiger partial charge on any atom is -0.465 e. The summed E-state index contributed by atoms with van der Waals surface area (Å²) in [7, 11) is 1.28. The van der Waals surface area contributed by atoms with Crippen LogP contribution < -0.4 is 5.73 Å². The van der Waals surface area contributed by atoms with Crippen molar-refractivity contribution in [1.29, 1.82) is 0 Å². The summed E-state index contributed by atoms with van der Waals surface area (Å²) >= 11 is 1.17. The number of ketones is 1. The lowest BCUT2D eigenvalue weighted by atomic mass is 10.2. The highest BCUT2D eigenvalue weighted by molar-refractivity contribution is 7.12. The highest BCUT2D eigenvalue weighted by Crippen LogP contribution is 2.17. The topological polar surface area (TPSA) is 69.4 Å². The molecule has 0 fully saturated rings. The summed E-state index contributed by atoms with van der Waals surface area (Å²) in [5, 5.41) is 1.66. The highest BCUT2D eigenvalue weighted by Gasteiger charge is 2.17. The van der Waals surface area contributed by atoms with Gasteiger partial charge in [0.05, 0.1) is 13.7 Å². The number of hydrogen-bond donors (Lipinski definition) is 1. The number of nitrogens with two attached hydrogens (primary N) is 1. The summed E-state index contributed by atoms with van der Waals surface area (Å²) in [6.07, 6.45) is 0. The van der Waals surface area contributed by atoms with Gasteiger partial charge in [-0.2, -0.15) is 0 Å². The maximum absolute atomic E-state index is 11.2. The monoisotopic (exact) mass is 199 g/mol. The Hall–Kier alpha value is -1.20. The lowest BCUT2D eigenvalue weighted by Gasteiger charge is -1.98. The number of methoxy groups -OCH3 is 1. The van der Waals surface area contributed by atoms with Crippen molar-refractivity contribution in [2.24, 2.45) is 5.73 Å². The molecule has 4 nitrogen and oxygen atoms in total. The molecule has 0 radical (unpaired) electrons. The number of carbonyl (C=O) groups excluding carboxylic acids is 2. The van der Waals surface area contributed by atoms with Crippen LogP contribution in [0.3, 0.4) is 0 Å². The lowest BCUT2D eigenvalue weighted by Crippen LogP contribution is -2.16. The quantitative estimate of drug-likeness (QED) is 0.574. The van der Waals surface area contributed by atoms with Crippen LogP contribution in [0.25, 0.3) is 0 Å². The molecule has 0 amide bonds. The Labute approximate surface area is 79.3 Å². The van der Waals surface area contributed by atoms with Gasteiger partial charge in [-0.05, 0) is 11.4 Å². The van der Waals surface area contributed by atoms with Gasteiger partial charge in [0.1, 0.15) is 4.88 Å². The number of ether oxygens (including phenoxy) is 1. The smallest absolute Gasteiger partial charge is 0.348 e. The summed E-state index contributed by atoms with van der Waals surface area (Å²) < 4.78 is 4.51. The lowest BCUT2D eigenvalue weighted by molar-refractivity contribution is 0.0603. The van der Waals surface area contributed by atoms with E-state index in [1.807, 2.05) is 0 Å². The van der Waals surface area contributed by atoms with Gasteiger partial charge in [-0.15, -0.1) is 11.3 Å². The van der Waals surface area contributed by atoms with Crippen LogP contribution in [0.4, 0.5) is 0 Å². The van der Waals surface area contributed by atoms with Crippen LogP contribution in [-0.2, 0) is 4.74 Å². The van der Waals surface area contributed by atoms with Crippen molar-refractivity contribution in [3.63, 3.8) is 0 Å². The van der Waals surface area contributed by atoms with Gasteiger partial charge in [0, 0.05) is 5.56 Å². The molecule has 1 rings (SSSR count). The average molecular weight is 199 g/mol. The zero-order valence-corrected chi connectivity index (χ0v) is 7.89. The molecular formula is C8H9NO3S. The van der Waals surface area contributed by atoms with E-state index in [1.165, 1.54) is 18.4 Å². The standard InChI is InChI=1S/C8H9NO3S/c1-12-8(11)7-5(2-3-13-7)6(10)4-9/h2-3H,4,9H2,1H3. The minimum atomic E-state index is -0.494. The third-order valence-corrected chi connectivity index (χ3v) is 2.42. The predicted molar refractivity (Wildman–Crippen MR) is 49.0 cm³/mol. The van der Waals surface area contributed by atoms with Gasteiger partial charge in [0.25, 0.3) is 0 Å².